The fourth-order valence-corrected chi connectivity index (χ4v) is 4.49. The Balaban J connectivity index is 0.00000220. The van der Waals surface area contributed by atoms with E-state index in [0.717, 1.165) is 45.2 Å². The lowest BCUT2D eigenvalue weighted by Gasteiger charge is -2.38. The van der Waals surface area contributed by atoms with Gasteiger partial charge in [-0.25, -0.2) is 4.72 Å². The molecule has 2 N–H and O–H groups in total. The third-order valence-corrected chi connectivity index (χ3v) is 5.95. The molecule has 0 bridgehead atoms. The van der Waals surface area contributed by atoms with Crippen molar-refractivity contribution in [1.82, 2.24) is 14.3 Å². The number of halogens is 1. The fourth-order valence-electron chi connectivity index (χ4n) is 3.08. The highest BCUT2D eigenvalue weighted by atomic mass is 35.5. The molecule has 0 atom stereocenters. The second-order valence-corrected chi connectivity index (χ2v) is 7.72. The van der Waals surface area contributed by atoms with Crippen LogP contribution in [0.4, 0.5) is 0 Å². The van der Waals surface area contributed by atoms with Crippen molar-refractivity contribution in [2.75, 3.05) is 46.4 Å². The molecular formula is C13H28ClN3O3S. The van der Waals surface area contributed by atoms with Crippen LogP contribution in [0.5, 0.6) is 0 Å². The first-order chi connectivity index (χ1) is 9.58. The SMILES string of the molecule is COCC1(CNS(=O)(=O)N2CCCCC2)CCNCC1.Cl. The van der Waals surface area contributed by atoms with E-state index < -0.39 is 10.2 Å². The first-order valence-corrected chi connectivity index (χ1v) is 8.96. The Labute approximate surface area is 134 Å². The Hall–Kier alpha value is 0.0800. The number of rotatable bonds is 6. The van der Waals surface area contributed by atoms with Crippen molar-refractivity contribution in [3.8, 4) is 0 Å². The van der Waals surface area contributed by atoms with Crippen molar-refractivity contribution in [2.24, 2.45) is 5.41 Å². The molecule has 126 valence electrons. The van der Waals surface area contributed by atoms with Crippen LogP contribution < -0.4 is 10.0 Å². The third kappa shape index (κ3) is 5.33. The van der Waals surface area contributed by atoms with Gasteiger partial charge < -0.3 is 10.1 Å². The van der Waals surface area contributed by atoms with Crippen LogP contribution in [0.1, 0.15) is 32.1 Å². The standard InChI is InChI=1S/C13H27N3O3S.ClH/c1-19-12-13(5-7-14-8-6-13)11-15-20(17,18)16-9-3-2-4-10-16;/h14-15H,2-12H2,1H3;1H. The van der Waals surface area contributed by atoms with Crippen LogP contribution in [-0.4, -0.2) is 59.2 Å². The first kappa shape index (κ1) is 19.1. The number of nitrogens with zero attached hydrogens (tertiary/aromatic N) is 1. The zero-order valence-corrected chi connectivity index (χ0v) is 14.4. The van der Waals surface area contributed by atoms with Gasteiger partial charge in [0.2, 0.25) is 0 Å². The minimum absolute atomic E-state index is 0. The molecule has 0 saturated carbocycles. The molecule has 2 fully saturated rings. The molecule has 2 aliphatic rings. The second-order valence-electron chi connectivity index (χ2n) is 5.97. The molecule has 8 heteroatoms. The Kier molecular flexibility index (Phi) is 7.87. The number of hydrogen-bond donors (Lipinski definition) is 2. The maximum atomic E-state index is 12.3. The van der Waals surface area contributed by atoms with E-state index in [-0.39, 0.29) is 17.8 Å². The molecule has 2 saturated heterocycles. The number of piperidine rings is 2. The van der Waals surface area contributed by atoms with Crippen LogP contribution in [0.25, 0.3) is 0 Å². The van der Waals surface area contributed by atoms with E-state index in [1.807, 2.05) is 0 Å². The zero-order valence-electron chi connectivity index (χ0n) is 12.8. The van der Waals surface area contributed by atoms with Gasteiger partial charge in [-0.3, -0.25) is 0 Å². The van der Waals surface area contributed by atoms with Crippen LogP contribution in [0.2, 0.25) is 0 Å². The zero-order chi connectivity index (χ0) is 14.5. The summed E-state index contributed by atoms with van der Waals surface area (Å²) in [4.78, 5) is 0. The van der Waals surface area contributed by atoms with Crippen LogP contribution in [-0.2, 0) is 14.9 Å². The summed E-state index contributed by atoms with van der Waals surface area (Å²) in [5.74, 6) is 0. The normalized spacial score (nSPS) is 23.5. The lowest BCUT2D eigenvalue weighted by molar-refractivity contribution is 0.0573. The molecule has 0 unspecified atom stereocenters. The van der Waals surface area contributed by atoms with Crippen molar-refractivity contribution < 1.29 is 13.2 Å². The molecule has 2 heterocycles. The van der Waals surface area contributed by atoms with E-state index >= 15 is 0 Å². The molecule has 2 rings (SSSR count). The monoisotopic (exact) mass is 341 g/mol. The molecule has 0 aliphatic carbocycles. The summed E-state index contributed by atoms with van der Waals surface area (Å²) < 4.78 is 34.4. The number of nitrogens with one attached hydrogen (secondary N) is 2. The quantitative estimate of drug-likeness (QED) is 0.747. The number of hydrogen-bond acceptors (Lipinski definition) is 4. The molecule has 0 aromatic heterocycles. The first-order valence-electron chi connectivity index (χ1n) is 7.52. The number of ether oxygens (including phenoxy) is 1. The Morgan fingerprint density at radius 1 is 1.19 bits per heavy atom. The molecule has 0 radical (unpaired) electrons. The lowest BCUT2D eigenvalue weighted by atomic mass is 9.80. The molecule has 0 aromatic carbocycles. The highest BCUT2D eigenvalue weighted by Gasteiger charge is 2.34. The molecule has 2 aliphatic heterocycles. The van der Waals surface area contributed by atoms with Crippen LogP contribution >= 0.6 is 12.4 Å². The number of methoxy groups -OCH3 is 1. The largest absolute Gasteiger partial charge is 0.384 e. The van der Waals surface area contributed by atoms with E-state index in [2.05, 4.69) is 10.0 Å². The molecule has 0 amide bonds. The second kappa shape index (κ2) is 8.64. The van der Waals surface area contributed by atoms with Crippen molar-refractivity contribution in [3.63, 3.8) is 0 Å². The highest BCUT2D eigenvalue weighted by Crippen LogP contribution is 2.28. The maximum Gasteiger partial charge on any atom is 0.279 e. The summed E-state index contributed by atoms with van der Waals surface area (Å²) >= 11 is 0. The van der Waals surface area contributed by atoms with Crippen molar-refractivity contribution >= 4 is 22.6 Å². The van der Waals surface area contributed by atoms with E-state index in [1.54, 1.807) is 11.4 Å². The van der Waals surface area contributed by atoms with Gasteiger partial charge in [-0.1, -0.05) is 6.42 Å². The van der Waals surface area contributed by atoms with Crippen molar-refractivity contribution in [3.05, 3.63) is 0 Å². The summed E-state index contributed by atoms with van der Waals surface area (Å²) in [7, 11) is -1.65. The molecule has 21 heavy (non-hydrogen) atoms. The lowest BCUT2D eigenvalue weighted by Crippen LogP contribution is -2.51. The third-order valence-electron chi connectivity index (χ3n) is 4.40. The average Bonchev–Trinajstić information content (AvgIpc) is 2.48. The highest BCUT2D eigenvalue weighted by molar-refractivity contribution is 7.87. The van der Waals surface area contributed by atoms with Gasteiger partial charge in [-0.2, -0.15) is 12.7 Å². The maximum absolute atomic E-state index is 12.3. The average molecular weight is 342 g/mol. The smallest absolute Gasteiger partial charge is 0.279 e. The minimum Gasteiger partial charge on any atom is -0.384 e. The van der Waals surface area contributed by atoms with Gasteiger partial charge in [0.05, 0.1) is 6.61 Å². The van der Waals surface area contributed by atoms with Gasteiger partial charge in [0.15, 0.2) is 0 Å². The predicted molar refractivity (Wildman–Crippen MR) is 86.0 cm³/mol. The Morgan fingerprint density at radius 3 is 2.38 bits per heavy atom. The van der Waals surface area contributed by atoms with Gasteiger partial charge in [0.1, 0.15) is 0 Å². The van der Waals surface area contributed by atoms with Crippen LogP contribution in [0, 0.1) is 5.41 Å². The molecule has 6 nitrogen and oxygen atoms in total. The Morgan fingerprint density at radius 2 is 1.81 bits per heavy atom. The van der Waals surface area contributed by atoms with Gasteiger partial charge in [-0.05, 0) is 38.8 Å². The predicted octanol–water partition coefficient (Wildman–Crippen LogP) is 0.745. The van der Waals surface area contributed by atoms with Gasteiger partial charge >= 0.3 is 0 Å². The summed E-state index contributed by atoms with van der Waals surface area (Å²) in [5.41, 5.74) is -0.0666. The molecule has 0 aromatic rings. The van der Waals surface area contributed by atoms with Gasteiger partial charge in [0.25, 0.3) is 10.2 Å². The summed E-state index contributed by atoms with van der Waals surface area (Å²) in [6.45, 7) is 4.23. The Bertz CT molecular complexity index is 388. The molecular weight excluding hydrogens is 314 g/mol. The van der Waals surface area contributed by atoms with Crippen molar-refractivity contribution in [2.45, 2.75) is 32.1 Å². The van der Waals surface area contributed by atoms with Crippen LogP contribution in [0.3, 0.4) is 0 Å². The summed E-state index contributed by atoms with van der Waals surface area (Å²) in [5, 5.41) is 3.32. The van der Waals surface area contributed by atoms with Gasteiger partial charge in [-0.15, -0.1) is 12.4 Å². The summed E-state index contributed by atoms with van der Waals surface area (Å²) in [6.07, 6.45) is 4.96. The van der Waals surface area contributed by atoms with Gasteiger partial charge in [0, 0.05) is 32.2 Å². The molecule has 0 spiro atoms. The minimum atomic E-state index is -3.33. The van der Waals surface area contributed by atoms with E-state index in [0.29, 0.717) is 26.2 Å². The van der Waals surface area contributed by atoms with Crippen LogP contribution in [0.15, 0.2) is 0 Å². The van der Waals surface area contributed by atoms with E-state index in [4.69, 9.17) is 4.74 Å². The van der Waals surface area contributed by atoms with E-state index in [9.17, 15) is 8.42 Å². The summed E-state index contributed by atoms with van der Waals surface area (Å²) in [6, 6.07) is 0. The van der Waals surface area contributed by atoms with Crippen molar-refractivity contribution in [1.29, 1.82) is 0 Å². The van der Waals surface area contributed by atoms with E-state index in [1.165, 1.54) is 0 Å². The fraction of sp³-hybridized carbons (Fsp3) is 1.00. The topological polar surface area (TPSA) is 70.7 Å².